The van der Waals surface area contributed by atoms with Crippen molar-refractivity contribution < 1.29 is 4.79 Å². The van der Waals surface area contributed by atoms with Crippen molar-refractivity contribution >= 4 is 22.4 Å². The summed E-state index contributed by atoms with van der Waals surface area (Å²) in [6.07, 6.45) is 0.353. The molecule has 1 amide bonds. The van der Waals surface area contributed by atoms with Gasteiger partial charge in [-0.15, -0.1) is 10.2 Å². The van der Waals surface area contributed by atoms with Gasteiger partial charge >= 0.3 is 5.69 Å². The van der Waals surface area contributed by atoms with Crippen LogP contribution < -0.4 is 16.6 Å². The Labute approximate surface area is 130 Å². The third kappa shape index (κ3) is 3.88. The second-order valence-electron chi connectivity index (χ2n) is 5.16. The van der Waals surface area contributed by atoms with Gasteiger partial charge in [0, 0.05) is 23.6 Å². The van der Waals surface area contributed by atoms with Crippen LogP contribution >= 0.6 is 11.3 Å². The number of rotatable bonds is 5. The van der Waals surface area contributed by atoms with E-state index in [1.807, 2.05) is 13.8 Å². The van der Waals surface area contributed by atoms with Crippen LogP contribution in [0.25, 0.3) is 0 Å². The highest BCUT2D eigenvalue weighted by atomic mass is 32.1. The van der Waals surface area contributed by atoms with Crippen molar-refractivity contribution in [1.29, 1.82) is 0 Å². The Morgan fingerprint density at radius 2 is 2.00 bits per heavy atom. The lowest BCUT2D eigenvalue weighted by atomic mass is 10.1. The molecule has 0 saturated heterocycles. The molecular formula is C13H17N5O3S. The van der Waals surface area contributed by atoms with Crippen molar-refractivity contribution in [2.75, 3.05) is 5.32 Å². The fourth-order valence-corrected chi connectivity index (χ4v) is 2.63. The van der Waals surface area contributed by atoms with Crippen molar-refractivity contribution in [2.45, 2.75) is 39.5 Å². The van der Waals surface area contributed by atoms with E-state index in [1.54, 1.807) is 6.92 Å². The molecule has 0 saturated carbocycles. The van der Waals surface area contributed by atoms with Crippen LogP contribution in [0.4, 0.5) is 5.13 Å². The van der Waals surface area contributed by atoms with E-state index in [-0.39, 0.29) is 24.7 Å². The second kappa shape index (κ2) is 6.65. The van der Waals surface area contributed by atoms with Crippen LogP contribution in [0.15, 0.2) is 9.59 Å². The lowest BCUT2D eigenvalue weighted by molar-refractivity contribution is -0.116. The first-order valence-corrected chi connectivity index (χ1v) is 7.63. The number of aryl methyl sites for hydroxylation is 1. The van der Waals surface area contributed by atoms with E-state index >= 15 is 0 Å². The average molecular weight is 323 g/mol. The molecule has 0 spiro atoms. The van der Waals surface area contributed by atoms with Gasteiger partial charge in [0.2, 0.25) is 11.0 Å². The summed E-state index contributed by atoms with van der Waals surface area (Å²) in [5, 5.41) is 11.8. The third-order valence-corrected chi connectivity index (χ3v) is 4.18. The minimum Gasteiger partial charge on any atom is -0.311 e. The van der Waals surface area contributed by atoms with E-state index in [2.05, 4.69) is 25.5 Å². The minimum absolute atomic E-state index is 0.118. The standard InChI is InChI=1S/C13H17N5O3S/c1-6(2)11-17-18-13(22-11)15-9(19)5-4-8-7(3)14-12(21)16-10(8)20/h6H,4-5H2,1-3H3,(H,15,18,19)(H2,14,16,20,21). The first-order chi connectivity index (χ1) is 10.4. The molecule has 0 aliphatic heterocycles. The van der Waals surface area contributed by atoms with Crippen LogP contribution in [0.1, 0.15) is 42.5 Å². The van der Waals surface area contributed by atoms with E-state index in [1.165, 1.54) is 11.3 Å². The van der Waals surface area contributed by atoms with E-state index in [4.69, 9.17) is 0 Å². The zero-order valence-corrected chi connectivity index (χ0v) is 13.3. The fraction of sp³-hybridized carbons (Fsp3) is 0.462. The molecule has 0 aromatic carbocycles. The number of carbonyl (C=O) groups excluding carboxylic acids is 1. The Morgan fingerprint density at radius 1 is 1.27 bits per heavy atom. The normalized spacial score (nSPS) is 10.9. The largest absolute Gasteiger partial charge is 0.325 e. The number of carbonyl (C=O) groups is 1. The minimum atomic E-state index is -0.550. The predicted molar refractivity (Wildman–Crippen MR) is 83.4 cm³/mol. The summed E-state index contributed by atoms with van der Waals surface area (Å²) >= 11 is 1.33. The number of anilines is 1. The summed E-state index contributed by atoms with van der Waals surface area (Å²) in [4.78, 5) is 39.3. The van der Waals surface area contributed by atoms with Crippen LogP contribution in [0.5, 0.6) is 0 Å². The molecule has 0 unspecified atom stereocenters. The number of aromatic amines is 2. The maximum atomic E-state index is 11.9. The number of nitrogens with zero attached hydrogens (tertiary/aromatic N) is 2. The van der Waals surface area contributed by atoms with Crippen LogP contribution in [0.3, 0.4) is 0 Å². The highest BCUT2D eigenvalue weighted by Crippen LogP contribution is 2.22. The van der Waals surface area contributed by atoms with Gasteiger partial charge in [-0.2, -0.15) is 0 Å². The number of hydrogen-bond donors (Lipinski definition) is 3. The number of H-pyrrole nitrogens is 2. The molecule has 22 heavy (non-hydrogen) atoms. The Morgan fingerprint density at radius 3 is 2.59 bits per heavy atom. The molecular weight excluding hydrogens is 306 g/mol. The Bertz CT molecular complexity index is 789. The molecule has 0 aliphatic rings. The lowest BCUT2D eigenvalue weighted by Crippen LogP contribution is -2.27. The molecule has 0 atom stereocenters. The molecule has 8 nitrogen and oxygen atoms in total. The molecule has 2 rings (SSSR count). The number of hydrogen-bond acceptors (Lipinski definition) is 6. The fourth-order valence-electron chi connectivity index (χ4n) is 1.87. The van der Waals surface area contributed by atoms with E-state index < -0.39 is 11.2 Å². The Kier molecular flexibility index (Phi) is 4.86. The van der Waals surface area contributed by atoms with Crippen molar-refractivity contribution in [1.82, 2.24) is 20.2 Å². The van der Waals surface area contributed by atoms with E-state index in [9.17, 15) is 14.4 Å². The van der Waals surface area contributed by atoms with Gasteiger partial charge in [0.05, 0.1) is 0 Å². The molecule has 2 aromatic heterocycles. The first-order valence-electron chi connectivity index (χ1n) is 6.82. The number of aromatic nitrogens is 4. The van der Waals surface area contributed by atoms with Crippen LogP contribution in [0, 0.1) is 6.92 Å². The van der Waals surface area contributed by atoms with Crippen LogP contribution in [0.2, 0.25) is 0 Å². The highest BCUT2D eigenvalue weighted by Gasteiger charge is 2.12. The quantitative estimate of drug-likeness (QED) is 0.755. The molecule has 118 valence electrons. The van der Waals surface area contributed by atoms with Gasteiger partial charge in [0.1, 0.15) is 5.01 Å². The summed E-state index contributed by atoms with van der Waals surface area (Å²) in [6, 6.07) is 0. The topological polar surface area (TPSA) is 121 Å². The third-order valence-electron chi connectivity index (χ3n) is 3.04. The Hall–Kier alpha value is -2.29. The van der Waals surface area contributed by atoms with Crippen molar-refractivity contribution in [3.63, 3.8) is 0 Å². The van der Waals surface area contributed by atoms with Gasteiger partial charge in [-0.1, -0.05) is 25.2 Å². The first kappa shape index (κ1) is 16.1. The smallest absolute Gasteiger partial charge is 0.311 e. The zero-order valence-electron chi connectivity index (χ0n) is 12.5. The summed E-state index contributed by atoms with van der Waals surface area (Å²) in [6.45, 7) is 5.62. The molecule has 0 aliphatic carbocycles. The van der Waals surface area contributed by atoms with E-state index in [0.29, 0.717) is 16.4 Å². The van der Waals surface area contributed by atoms with E-state index in [0.717, 1.165) is 5.01 Å². The summed E-state index contributed by atoms with van der Waals surface area (Å²) < 4.78 is 0. The molecule has 0 radical (unpaired) electrons. The molecule has 0 bridgehead atoms. The van der Waals surface area contributed by atoms with Gasteiger partial charge in [0.25, 0.3) is 5.56 Å². The average Bonchev–Trinajstić information content (AvgIpc) is 2.86. The summed E-state index contributed by atoms with van der Waals surface area (Å²) in [5.41, 5.74) is -0.146. The van der Waals surface area contributed by atoms with Crippen molar-refractivity contribution in [2.24, 2.45) is 0 Å². The maximum Gasteiger partial charge on any atom is 0.325 e. The lowest BCUT2D eigenvalue weighted by Gasteiger charge is -2.04. The van der Waals surface area contributed by atoms with Gasteiger partial charge in [0.15, 0.2) is 0 Å². The van der Waals surface area contributed by atoms with Gasteiger partial charge in [-0.3, -0.25) is 14.6 Å². The van der Waals surface area contributed by atoms with Gasteiger partial charge in [-0.05, 0) is 13.3 Å². The number of nitrogens with one attached hydrogen (secondary N) is 3. The molecule has 2 heterocycles. The Balaban J connectivity index is 1.98. The SMILES string of the molecule is Cc1[nH]c(=O)[nH]c(=O)c1CCC(=O)Nc1nnc(C(C)C)s1. The van der Waals surface area contributed by atoms with Gasteiger partial charge in [-0.25, -0.2) is 4.79 Å². The van der Waals surface area contributed by atoms with Crippen LogP contribution in [-0.4, -0.2) is 26.1 Å². The van der Waals surface area contributed by atoms with Crippen molar-refractivity contribution in [3.05, 3.63) is 37.1 Å². The van der Waals surface area contributed by atoms with Gasteiger partial charge < -0.3 is 10.3 Å². The highest BCUT2D eigenvalue weighted by molar-refractivity contribution is 7.15. The number of amides is 1. The maximum absolute atomic E-state index is 11.9. The summed E-state index contributed by atoms with van der Waals surface area (Å²) in [5.74, 6) is 0.00181. The monoisotopic (exact) mass is 323 g/mol. The summed E-state index contributed by atoms with van der Waals surface area (Å²) in [7, 11) is 0. The predicted octanol–water partition coefficient (Wildman–Crippen LogP) is 0.918. The second-order valence-corrected chi connectivity index (χ2v) is 6.17. The molecule has 9 heteroatoms. The molecule has 0 fully saturated rings. The van der Waals surface area contributed by atoms with Crippen molar-refractivity contribution in [3.8, 4) is 0 Å². The molecule has 3 N–H and O–H groups in total. The zero-order chi connectivity index (χ0) is 16.3. The molecule has 2 aromatic rings. The van der Waals surface area contributed by atoms with Crippen LogP contribution in [-0.2, 0) is 11.2 Å².